The number of hydrogen-bond donors (Lipinski definition) is 4. The summed E-state index contributed by atoms with van der Waals surface area (Å²) in [4.78, 5) is 17.4. The Hall–Kier alpha value is -3.29. The van der Waals surface area contributed by atoms with Gasteiger partial charge < -0.3 is 21.3 Å². The predicted octanol–water partition coefficient (Wildman–Crippen LogP) is 2.28. The van der Waals surface area contributed by atoms with Gasteiger partial charge in [0.15, 0.2) is 0 Å². The zero-order valence-electron chi connectivity index (χ0n) is 14.9. The average Bonchev–Trinajstić information content (AvgIpc) is 3.15. The second kappa shape index (κ2) is 7.73. The van der Waals surface area contributed by atoms with Gasteiger partial charge in [0.05, 0.1) is 11.2 Å². The Morgan fingerprint density at radius 3 is 2.81 bits per heavy atom. The summed E-state index contributed by atoms with van der Waals surface area (Å²) < 4.78 is 0. The number of carbonyl (C=O) groups is 1. The number of nitrogen functional groups attached to an aromatic ring is 1. The van der Waals surface area contributed by atoms with E-state index in [2.05, 4.69) is 25.8 Å². The summed E-state index contributed by atoms with van der Waals surface area (Å²) in [6, 6.07) is 9.69. The number of carbonyl (C=O) groups excluding carboxylic acids is 1. The van der Waals surface area contributed by atoms with Crippen molar-refractivity contribution in [3.63, 3.8) is 0 Å². The maximum Gasteiger partial charge on any atom is 0.316 e. The molecule has 1 aromatic carbocycles. The molecule has 2 heterocycles. The van der Waals surface area contributed by atoms with E-state index < -0.39 is 0 Å². The van der Waals surface area contributed by atoms with Crippen LogP contribution in [0.15, 0.2) is 36.5 Å². The number of anilines is 2. The quantitative estimate of drug-likeness (QED) is 0.508. The van der Waals surface area contributed by atoms with Gasteiger partial charge in [-0.3, -0.25) is 5.10 Å². The van der Waals surface area contributed by atoms with Crippen LogP contribution >= 0.6 is 0 Å². The molecule has 0 bridgehead atoms. The number of hydrogen-bond acceptors (Lipinski definition) is 5. The maximum atomic E-state index is 11.5. The second-order valence-corrected chi connectivity index (χ2v) is 6.20. The molecule has 0 radical (unpaired) electrons. The number of urea groups is 1. The van der Waals surface area contributed by atoms with Gasteiger partial charge in [-0.1, -0.05) is 12.1 Å². The van der Waals surface area contributed by atoms with Gasteiger partial charge in [0, 0.05) is 56.1 Å². The summed E-state index contributed by atoms with van der Waals surface area (Å²) in [5, 5.41) is 14.2. The fourth-order valence-electron chi connectivity index (χ4n) is 2.64. The average molecular weight is 353 g/mol. The molecule has 26 heavy (non-hydrogen) atoms. The Kier molecular flexibility index (Phi) is 5.21. The minimum atomic E-state index is -0.0880. The number of nitrogens with one attached hydrogen (secondary N) is 3. The first-order valence-electron chi connectivity index (χ1n) is 8.43. The van der Waals surface area contributed by atoms with Gasteiger partial charge in [0.2, 0.25) is 0 Å². The molecule has 3 rings (SSSR count). The zero-order valence-corrected chi connectivity index (χ0v) is 14.9. The van der Waals surface area contributed by atoms with Crippen molar-refractivity contribution in [3.8, 4) is 11.3 Å². The van der Waals surface area contributed by atoms with Gasteiger partial charge in [0.1, 0.15) is 5.82 Å². The molecule has 2 aromatic heterocycles. The lowest BCUT2D eigenvalue weighted by Crippen LogP contribution is -2.35. The number of fused-ring (bicyclic) bond motifs is 1. The van der Waals surface area contributed by atoms with Crippen molar-refractivity contribution >= 4 is 28.4 Å². The number of nitrogens with two attached hydrogens (primary N) is 1. The monoisotopic (exact) mass is 353 g/mol. The first kappa shape index (κ1) is 17.5. The van der Waals surface area contributed by atoms with E-state index in [9.17, 15) is 4.79 Å². The van der Waals surface area contributed by atoms with E-state index in [4.69, 9.17) is 5.73 Å². The van der Waals surface area contributed by atoms with E-state index in [1.54, 1.807) is 20.3 Å². The van der Waals surface area contributed by atoms with E-state index >= 15 is 0 Å². The maximum absolute atomic E-state index is 11.5. The molecule has 136 valence electrons. The first-order chi connectivity index (χ1) is 12.5. The van der Waals surface area contributed by atoms with Crippen LogP contribution in [0.25, 0.3) is 22.2 Å². The minimum Gasteiger partial charge on any atom is -0.384 e. The van der Waals surface area contributed by atoms with E-state index in [-0.39, 0.29) is 6.03 Å². The second-order valence-electron chi connectivity index (χ2n) is 6.20. The van der Waals surface area contributed by atoms with E-state index in [1.165, 1.54) is 4.90 Å². The van der Waals surface area contributed by atoms with Crippen LogP contribution in [-0.2, 0) is 0 Å². The van der Waals surface area contributed by atoms with Crippen LogP contribution in [0.5, 0.6) is 0 Å². The number of amides is 2. The molecular weight excluding hydrogens is 330 g/mol. The molecular formula is C18H23N7O. The van der Waals surface area contributed by atoms with Gasteiger partial charge in [-0.05, 0) is 18.6 Å². The molecule has 0 spiro atoms. The van der Waals surface area contributed by atoms with Crippen LogP contribution in [-0.4, -0.2) is 53.3 Å². The lowest BCUT2D eigenvalue weighted by molar-refractivity contribution is 0.217. The van der Waals surface area contributed by atoms with Crippen LogP contribution in [0.4, 0.5) is 16.3 Å². The van der Waals surface area contributed by atoms with Crippen molar-refractivity contribution < 1.29 is 4.79 Å². The fraction of sp³-hybridized carbons (Fsp3) is 0.278. The standard InChI is InChI=1S/C18H23N7O/c1-25(2)18(26)21-8-3-7-20-15-11-17(19)23-16-10-12(4-5-13(15)16)14-6-9-22-24-14/h4-6,9-11H,3,7-8H2,1-2H3,(H,21,26)(H,22,24)(H3,19,20,23). The molecule has 5 N–H and O–H groups in total. The molecule has 8 heteroatoms. The largest absolute Gasteiger partial charge is 0.384 e. The Morgan fingerprint density at radius 2 is 2.08 bits per heavy atom. The van der Waals surface area contributed by atoms with Gasteiger partial charge in [-0.2, -0.15) is 5.10 Å². The molecule has 0 aliphatic heterocycles. The molecule has 0 atom stereocenters. The molecule has 0 unspecified atom stereocenters. The topological polar surface area (TPSA) is 112 Å². The minimum absolute atomic E-state index is 0.0880. The van der Waals surface area contributed by atoms with E-state index in [1.807, 2.05) is 30.3 Å². The highest BCUT2D eigenvalue weighted by Gasteiger charge is 2.07. The third-order valence-corrected chi connectivity index (χ3v) is 3.99. The van der Waals surface area contributed by atoms with Crippen LogP contribution in [0.3, 0.4) is 0 Å². The molecule has 0 aliphatic carbocycles. The fourth-order valence-corrected chi connectivity index (χ4v) is 2.64. The van der Waals surface area contributed by atoms with Gasteiger partial charge in [0.25, 0.3) is 0 Å². The summed E-state index contributed by atoms with van der Waals surface area (Å²) in [6.07, 6.45) is 2.52. The van der Waals surface area contributed by atoms with E-state index in [0.717, 1.165) is 34.3 Å². The van der Waals surface area contributed by atoms with E-state index in [0.29, 0.717) is 18.9 Å². The van der Waals surface area contributed by atoms with Crippen LogP contribution < -0.4 is 16.4 Å². The highest BCUT2D eigenvalue weighted by molar-refractivity contribution is 5.95. The number of benzene rings is 1. The highest BCUT2D eigenvalue weighted by Crippen LogP contribution is 2.28. The smallest absolute Gasteiger partial charge is 0.316 e. The number of aromatic amines is 1. The molecule has 3 aromatic rings. The number of nitrogens with zero attached hydrogens (tertiary/aromatic N) is 3. The Bertz CT molecular complexity index is 890. The molecule has 8 nitrogen and oxygen atoms in total. The molecule has 0 saturated carbocycles. The lowest BCUT2D eigenvalue weighted by Gasteiger charge is -2.13. The first-order valence-corrected chi connectivity index (χ1v) is 8.43. The third kappa shape index (κ3) is 4.02. The number of rotatable bonds is 6. The normalized spacial score (nSPS) is 10.7. The summed E-state index contributed by atoms with van der Waals surface area (Å²) >= 11 is 0. The number of pyridine rings is 1. The molecule has 0 fully saturated rings. The highest BCUT2D eigenvalue weighted by atomic mass is 16.2. The summed E-state index contributed by atoms with van der Waals surface area (Å²) in [7, 11) is 3.44. The van der Waals surface area contributed by atoms with Gasteiger partial charge in [-0.25, -0.2) is 9.78 Å². The molecule has 0 saturated heterocycles. The Labute approximate surface area is 151 Å². The predicted molar refractivity (Wildman–Crippen MR) is 104 cm³/mol. The van der Waals surface area contributed by atoms with Crippen molar-refractivity contribution in [2.45, 2.75) is 6.42 Å². The Balaban J connectivity index is 1.69. The van der Waals surface area contributed by atoms with Gasteiger partial charge in [-0.15, -0.1) is 0 Å². The summed E-state index contributed by atoms with van der Waals surface area (Å²) in [5.74, 6) is 0.461. The number of aromatic nitrogens is 3. The third-order valence-electron chi connectivity index (χ3n) is 3.99. The lowest BCUT2D eigenvalue weighted by atomic mass is 10.1. The van der Waals surface area contributed by atoms with Crippen LogP contribution in [0.2, 0.25) is 0 Å². The molecule has 0 aliphatic rings. The SMILES string of the molecule is CN(C)C(=O)NCCCNc1cc(N)nc2cc(-c3ccn[nH]3)ccc12. The van der Waals surface area contributed by atoms with Crippen molar-refractivity contribution in [3.05, 3.63) is 36.5 Å². The molecule has 2 amide bonds. The van der Waals surface area contributed by atoms with Gasteiger partial charge >= 0.3 is 6.03 Å². The van der Waals surface area contributed by atoms with Crippen LogP contribution in [0.1, 0.15) is 6.42 Å². The Morgan fingerprint density at radius 1 is 1.23 bits per heavy atom. The van der Waals surface area contributed by atoms with Crippen molar-refractivity contribution in [1.29, 1.82) is 0 Å². The van der Waals surface area contributed by atoms with Crippen LogP contribution in [0, 0.1) is 0 Å². The van der Waals surface area contributed by atoms with Crippen molar-refractivity contribution in [1.82, 2.24) is 25.4 Å². The van der Waals surface area contributed by atoms with Crippen molar-refractivity contribution in [2.75, 3.05) is 38.2 Å². The van der Waals surface area contributed by atoms with Crippen molar-refractivity contribution in [2.24, 2.45) is 0 Å². The summed E-state index contributed by atoms with van der Waals surface area (Å²) in [6.45, 7) is 1.32. The number of H-pyrrole nitrogens is 1. The zero-order chi connectivity index (χ0) is 18.5. The summed E-state index contributed by atoms with van der Waals surface area (Å²) in [5.41, 5.74) is 9.65.